The molecule has 0 radical (unpaired) electrons. The van der Waals surface area contributed by atoms with E-state index in [9.17, 15) is 16.8 Å². The number of hydrogen-bond acceptors (Lipinski definition) is 6. The molecule has 0 heterocycles. The molecule has 170 valence electrons. The summed E-state index contributed by atoms with van der Waals surface area (Å²) in [6.45, 7) is 4.65. The lowest BCUT2D eigenvalue weighted by Crippen LogP contribution is -2.14. The summed E-state index contributed by atoms with van der Waals surface area (Å²) in [6.07, 6.45) is 0. The molecule has 0 saturated carbocycles. The molecule has 0 spiro atoms. The van der Waals surface area contributed by atoms with Crippen molar-refractivity contribution < 1.29 is 26.3 Å². The zero-order chi connectivity index (χ0) is 23.2. The third kappa shape index (κ3) is 5.92. The lowest BCUT2D eigenvalue weighted by Gasteiger charge is -2.11. The fourth-order valence-electron chi connectivity index (χ4n) is 2.80. The Balaban J connectivity index is 1.69. The highest BCUT2D eigenvalue weighted by Gasteiger charge is 2.16. The van der Waals surface area contributed by atoms with Gasteiger partial charge in [0.15, 0.2) is 0 Å². The number of ether oxygens (including phenoxy) is 2. The summed E-state index contributed by atoms with van der Waals surface area (Å²) in [7, 11) is -7.60. The molecule has 3 rings (SSSR count). The second-order valence-corrected chi connectivity index (χ2v) is 9.96. The van der Waals surface area contributed by atoms with Gasteiger partial charge in [-0.1, -0.05) is 0 Å². The predicted molar refractivity (Wildman–Crippen MR) is 123 cm³/mol. The van der Waals surface area contributed by atoms with Crippen molar-refractivity contribution in [2.24, 2.45) is 0 Å². The lowest BCUT2D eigenvalue weighted by atomic mass is 10.3. The number of hydrogen-bond donors (Lipinski definition) is 2. The van der Waals surface area contributed by atoms with Crippen molar-refractivity contribution in [3.63, 3.8) is 0 Å². The van der Waals surface area contributed by atoms with Gasteiger partial charge in [0, 0.05) is 11.4 Å². The molecule has 0 fully saturated rings. The summed E-state index contributed by atoms with van der Waals surface area (Å²) in [5.41, 5.74) is 0.589. The Labute approximate surface area is 188 Å². The summed E-state index contributed by atoms with van der Waals surface area (Å²) in [5, 5.41) is 0. The van der Waals surface area contributed by atoms with E-state index in [0.717, 1.165) is 0 Å². The molecular formula is C22H24N2O6S2. The van der Waals surface area contributed by atoms with Gasteiger partial charge in [-0.15, -0.1) is 0 Å². The van der Waals surface area contributed by atoms with E-state index in [0.29, 0.717) is 36.1 Å². The van der Waals surface area contributed by atoms with E-state index in [1.807, 2.05) is 13.8 Å². The van der Waals surface area contributed by atoms with Crippen LogP contribution in [0.5, 0.6) is 11.5 Å². The number of rotatable bonds is 10. The van der Waals surface area contributed by atoms with Crippen LogP contribution in [0.15, 0.2) is 82.6 Å². The van der Waals surface area contributed by atoms with E-state index >= 15 is 0 Å². The average Bonchev–Trinajstić information content (AvgIpc) is 2.76. The Hall–Kier alpha value is -3.24. The van der Waals surface area contributed by atoms with Gasteiger partial charge >= 0.3 is 0 Å². The lowest BCUT2D eigenvalue weighted by molar-refractivity contribution is 0.340. The summed E-state index contributed by atoms with van der Waals surface area (Å²) in [4.78, 5) is 0.169. The molecule has 0 amide bonds. The highest BCUT2D eigenvalue weighted by atomic mass is 32.2. The highest BCUT2D eigenvalue weighted by Crippen LogP contribution is 2.23. The van der Waals surface area contributed by atoms with Gasteiger partial charge in [-0.05, 0) is 86.6 Å². The van der Waals surface area contributed by atoms with Gasteiger partial charge in [-0.3, -0.25) is 9.44 Å². The molecule has 8 nitrogen and oxygen atoms in total. The minimum Gasteiger partial charge on any atom is -0.494 e. The monoisotopic (exact) mass is 476 g/mol. The van der Waals surface area contributed by atoms with Crippen LogP contribution in [0.4, 0.5) is 11.4 Å². The first kappa shape index (κ1) is 23.4. The number of sulfonamides is 2. The predicted octanol–water partition coefficient (Wildman–Crippen LogP) is 4.09. The van der Waals surface area contributed by atoms with Gasteiger partial charge in [0.05, 0.1) is 23.0 Å². The topological polar surface area (TPSA) is 111 Å². The molecule has 0 saturated heterocycles. The van der Waals surface area contributed by atoms with Crippen molar-refractivity contribution in [2.75, 3.05) is 22.7 Å². The fraction of sp³-hybridized carbons (Fsp3) is 0.182. The van der Waals surface area contributed by atoms with E-state index in [-0.39, 0.29) is 9.79 Å². The van der Waals surface area contributed by atoms with Crippen molar-refractivity contribution in [2.45, 2.75) is 23.6 Å². The molecule has 0 bridgehead atoms. The van der Waals surface area contributed by atoms with E-state index in [2.05, 4.69) is 9.44 Å². The van der Waals surface area contributed by atoms with Crippen molar-refractivity contribution in [3.05, 3.63) is 72.8 Å². The molecule has 2 N–H and O–H groups in total. The van der Waals surface area contributed by atoms with Crippen LogP contribution < -0.4 is 18.9 Å². The molecule has 3 aromatic rings. The fourth-order valence-corrected chi connectivity index (χ4v) is 4.92. The highest BCUT2D eigenvalue weighted by molar-refractivity contribution is 7.93. The zero-order valence-corrected chi connectivity index (χ0v) is 19.2. The average molecular weight is 477 g/mol. The van der Waals surface area contributed by atoms with Gasteiger partial charge < -0.3 is 9.47 Å². The largest absolute Gasteiger partial charge is 0.494 e. The molecule has 3 aromatic carbocycles. The van der Waals surface area contributed by atoms with Crippen LogP contribution >= 0.6 is 0 Å². The first-order chi connectivity index (χ1) is 15.2. The molecule has 0 aliphatic heterocycles. The molecule has 0 atom stereocenters. The van der Waals surface area contributed by atoms with Crippen molar-refractivity contribution in [1.82, 2.24) is 0 Å². The van der Waals surface area contributed by atoms with Crippen molar-refractivity contribution in [1.29, 1.82) is 0 Å². The number of anilines is 2. The maximum atomic E-state index is 12.6. The molecular weight excluding hydrogens is 452 g/mol. The summed E-state index contributed by atoms with van der Waals surface area (Å²) >= 11 is 0. The summed E-state index contributed by atoms with van der Waals surface area (Å²) in [5.74, 6) is 1.16. The SMILES string of the molecule is CCOc1ccc(S(=O)(=O)Nc2ccc(NS(=O)(=O)c3ccc(OCC)cc3)cc2)cc1. The minimum absolute atomic E-state index is 0.0845. The first-order valence-electron chi connectivity index (χ1n) is 9.85. The van der Waals surface area contributed by atoms with E-state index in [1.165, 1.54) is 48.5 Å². The van der Waals surface area contributed by atoms with Crippen LogP contribution in [0.3, 0.4) is 0 Å². The third-order valence-electron chi connectivity index (χ3n) is 4.28. The van der Waals surface area contributed by atoms with E-state index in [4.69, 9.17) is 9.47 Å². The van der Waals surface area contributed by atoms with Crippen molar-refractivity contribution >= 4 is 31.4 Å². The van der Waals surface area contributed by atoms with Crippen LogP contribution in [0, 0.1) is 0 Å². The minimum atomic E-state index is -3.80. The maximum Gasteiger partial charge on any atom is 0.261 e. The van der Waals surface area contributed by atoms with E-state index < -0.39 is 20.0 Å². The van der Waals surface area contributed by atoms with Crippen LogP contribution in [0.1, 0.15) is 13.8 Å². The zero-order valence-electron chi connectivity index (χ0n) is 17.6. The Morgan fingerprint density at radius 2 is 0.875 bits per heavy atom. The van der Waals surface area contributed by atoms with Crippen molar-refractivity contribution in [3.8, 4) is 11.5 Å². The Morgan fingerprint density at radius 3 is 1.16 bits per heavy atom. The summed E-state index contributed by atoms with van der Waals surface area (Å²) in [6, 6.07) is 18.0. The quantitative estimate of drug-likeness (QED) is 0.456. The Bertz CT molecular complexity index is 1140. The van der Waals surface area contributed by atoms with Gasteiger partial charge in [0.1, 0.15) is 11.5 Å². The van der Waals surface area contributed by atoms with E-state index in [1.54, 1.807) is 24.3 Å². The number of nitrogens with one attached hydrogen (secondary N) is 2. The van der Waals surface area contributed by atoms with Gasteiger partial charge in [0.25, 0.3) is 20.0 Å². The van der Waals surface area contributed by atoms with Gasteiger partial charge in [-0.2, -0.15) is 0 Å². The molecule has 0 aromatic heterocycles. The second-order valence-electron chi connectivity index (χ2n) is 6.60. The maximum absolute atomic E-state index is 12.6. The second kappa shape index (κ2) is 9.92. The molecule has 32 heavy (non-hydrogen) atoms. The van der Waals surface area contributed by atoms with Crippen LogP contribution in [-0.2, 0) is 20.0 Å². The van der Waals surface area contributed by atoms with Crippen LogP contribution in [0.2, 0.25) is 0 Å². The molecule has 0 unspecified atom stereocenters. The molecule has 0 aliphatic carbocycles. The van der Waals surface area contributed by atoms with Gasteiger partial charge in [-0.25, -0.2) is 16.8 Å². The smallest absolute Gasteiger partial charge is 0.261 e. The standard InChI is InChI=1S/C22H24N2O6S2/c1-3-29-19-9-13-21(14-10-19)31(25,26)23-17-5-7-18(8-6-17)24-32(27,28)22-15-11-20(12-16-22)30-4-2/h5-16,23-24H,3-4H2,1-2H3. The van der Waals surface area contributed by atoms with Crippen LogP contribution in [0.25, 0.3) is 0 Å². The molecule has 10 heteroatoms. The van der Waals surface area contributed by atoms with Crippen LogP contribution in [-0.4, -0.2) is 30.0 Å². The Kier molecular flexibility index (Phi) is 7.26. The third-order valence-corrected chi connectivity index (χ3v) is 7.07. The Morgan fingerprint density at radius 1 is 0.562 bits per heavy atom. The molecule has 0 aliphatic rings. The normalized spacial score (nSPS) is 11.6. The first-order valence-corrected chi connectivity index (χ1v) is 12.8. The summed E-state index contributed by atoms with van der Waals surface area (Å²) < 4.78 is 65.8. The van der Waals surface area contributed by atoms with Gasteiger partial charge in [0.2, 0.25) is 0 Å². The number of benzene rings is 3.